The Kier molecular flexibility index (Phi) is 4.51. The van der Waals surface area contributed by atoms with Crippen molar-refractivity contribution >= 4 is 0 Å². The van der Waals surface area contributed by atoms with Gasteiger partial charge in [0, 0.05) is 0 Å². The van der Waals surface area contributed by atoms with Gasteiger partial charge < -0.3 is 0 Å². The van der Waals surface area contributed by atoms with E-state index in [0.29, 0.717) is 5.92 Å². The van der Waals surface area contributed by atoms with E-state index in [4.69, 9.17) is 0 Å². The van der Waals surface area contributed by atoms with Crippen molar-refractivity contribution in [3.05, 3.63) is 36.2 Å². The molecule has 0 nitrogen and oxygen atoms in total. The van der Waals surface area contributed by atoms with E-state index in [1.807, 2.05) is 6.92 Å². The topological polar surface area (TPSA) is 0 Å². The lowest BCUT2D eigenvalue weighted by Crippen LogP contribution is -1.86. The Hall–Kier alpha value is -0.850. The highest BCUT2D eigenvalue weighted by atomic mass is 19.1. The monoisotopic (exact) mass is 154 g/mol. The van der Waals surface area contributed by atoms with Crippen molar-refractivity contribution < 1.29 is 4.39 Å². The first-order valence-corrected chi connectivity index (χ1v) is 3.74. The first-order chi connectivity index (χ1) is 5.07. The number of allylic oxidation sites excluding steroid dienone is 5. The van der Waals surface area contributed by atoms with E-state index in [0.717, 1.165) is 0 Å². The molecule has 0 spiro atoms. The normalized spacial score (nSPS) is 13.9. The van der Waals surface area contributed by atoms with Gasteiger partial charge in [-0.25, -0.2) is 4.39 Å². The largest absolute Gasteiger partial charge is 0.207 e. The van der Waals surface area contributed by atoms with Gasteiger partial charge >= 0.3 is 0 Å². The van der Waals surface area contributed by atoms with Crippen LogP contribution in [0.4, 0.5) is 4.39 Å². The molecule has 0 aromatic heterocycles. The van der Waals surface area contributed by atoms with Gasteiger partial charge in [0.1, 0.15) is 5.83 Å². The Labute approximate surface area is 68.1 Å². The fraction of sp³-hybridized carbons (Fsp3) is 0.400. The van der Waals surface area contributed by atoms with Crippen molar-refractivity contribution in [3.63, 3.8) is 0 Å². The predicted octanol–water partition coefficient (Wildman–Crippen LogP) is 3.63. The second-order valence-electron chi connectivity index (χ2n) is 2.82. The number of hydrogen-bond donors (Lipinski definition) is 0. The van der Waals surface area contributed by atoms with E-state index in [9.17, 15) is 4.39 Å². The van der Waals surface area contributed by atoms with Gasteiger partial charge in [-0.2, -0.15) is 0 Å². The second kappa shape index (κ2) is 4.89. The summed E-state index contributed by atoms with van der Waals surface area (Å²) >= 11 is 0. The van der Waals surface area contributed by atoms with Crippen LogP contribution in [0.15, 0.2) is 36.2 Å². The minimum atomic E-state index is -0.287. The van der Waals surface area contributed by atoms with Gasteiger partial charge in [-0.15, -0.1) is 0 Å². The molecule has 0 amide bonds. The van der Waals surface area contributed by atoms with Crippen LogP contribution in [0.1, 0.15) is 20.8 Å². The van der Waals surface area contributed by atoms with Crippen molar-refractivity contribution in [3.8, 4) is 0 Å². The third-order valence-corrected chi connectivity index (χ3v) is 1.61. The van der Waals surface area contributed by atoms with Crippen molar-refractivity contribution in [2.24, 2.45) is 5.92 Å². The van der Waals surface area contributed by atoms with Gasteiger partial charge in [-0.3, -0.25) is 0 Å². The summed E-state index contributed by atoms with van der Waals surface area (Å²) in [4.78, 5) is 0. The zero-order valence-corrected chi connectivity index (χ0v) is 7.39. The first kappa shape index (κ1) is 10.2. The van der Waals surface area contributed by atoms with Crippen LogP contribution in [0.2, 0.25) is 0 Å². The lowest BCUT2D eigenvalue weighted by molar-refractivity contribution is 0.667. The van der Waals surface area contributed by atoms with Crippen LogP contribution in [0.25, 0.3) is 0 Å². The molecule has 0 N–H and O–H groups in total. The maximum atomic E-state index is 12.5. The van der Waals surface area contributed by atoms with Gasteiger partial charge in [0.2, 0.25) is 0 Å². The van der Waals surface area contributed by atoms with Crippen molar-refractivity contribution in [1.82, 2.24) is 0 Å². The van der Waals surface area contributed by atoms with Gasteiger partial charge in [-0.05, 0) is 25.0 Å². The first-order valence-electron chi connectivity index (χ1n) is 3.74. The Balaban J connectivity index is 4.22. The van der Waals surface area contributed by atoms with E-state index >= 15 is 0 Å². The number of hydrogen-bond acceptors (Lipinski definition) is 0. The predicted molar refractivity (Wildman–Crippen MR) is 48.0 cm³/mol. The molecule has 0 saturated heterocycles. The molecule has 0 radical (unpaired) electrons. The van der Waals surface area contributed by atoms with Gasteiger partial charge in [-0.1, -0.05) is 32.1 Å². The molecule has 0 rings (SSSR count). The summed E-state index contributed by atoms with van der Waals surface area (Å²) in [7, 11) is 0. The summed E-state index contributed by atoms with van der Waals surface area (Å²) < 4.78 is 12.5. The lowest BCUT2D eigenvalue weighted by atomic mass is 10.1. The minimum Gasteiger partial charge on any atom is -0.207 e. The van der Waals surface area contributed by atoms with Crippen molar-refractivity contribution in [2.45, 2.75) is 20.8 Å². The average molecular weight is 154 g/mol. The second-order valence-corrected chi connectivity index (χ2v) is 2.82. The van der Waals surface area contributed by atoms with E-state index < -0.39 is 0 Å². The highest BCUT2D eigenvalue weighted by Crippen LogP contribution is 2.08. The van der Waals surface area contributed by atoms with Gasteiger partial charge in [0.25, 0.3) is 0 Å². The minimum absolute atomic E-state index is 0.287. The van der Waals surface area contributed by atoms with E-state index in [-0.39, 0.29) is 5.83 Å². The van der Waals surface area contributed by atoms with Crippen molar-refractivity contribution in [1.29, 1.82) is 0 Å². The summed E-state index contributed by atoms with van der Waals surface area (Å²) in [5, 5.41) is 0. The van der Waals surface area contributed by atoms with Gasteiger partial charge in [0.15, 0.2) is 0 Å². The Morgan fingerprint density at radius 3 is 2.27 bits per heavy atom. The molecule has 0 aliphatic rings. The highest BCUT2D eigenvalue weighted by Gasteiger charge is 1.93. The molecule has 0 saturated carbocycles. The molecule has 0 aliphatic heterocycles. The van der Waals surface area contributed by atoms with Crippen LogP contribution in [0.5, 0.6) is 0 Å². The Bertz CT molecular complexity index is 185. The van der Waals surface area contributed by atoms with Gasteiger partial charge in [0.05, 0.1) is 0 Å². The molecule has 1 heteroatoms. The van der Waals surface area contributed by atoms with E-state index in [2.05, 4.69) is 20.4 Å². The Morgan fingerprint density at radius 1 is 1.36 bits per heavy atom. The zero-order valence-electron chi connectivity index (χ0n) is 7.39. The smallest absolute Gasteiger partial charge is 0.122 e. The van der Waals surface area contributed by atoms with Crippen LogP contribution < -0.4 is 0 Å². The maximum Gasteiger partial charge on any atom is 0.122 e. The molecule has 0 atom stereocenters. The molecule has 0 aromatic rings. The Morgan fingerprint density at radius 2 is 1.91 bits per heavy atom. The molecule has 0 aliphatic carbocycles. The molecule has 0 aromatic carbocycles. The van der Waals surface area contributed by atoms with Crippen molar-refractivity contribution in [2.75, 3.05) is 0 Å². The molecule has 0 heterocycles. The third kappa shape index (κ3) is 4.54. The third-order valence-electron chi connectivity index (χ3n) is 1.61. The summed E-state index contributed by atoms with van der Waals surface area (Å²) in [6.45, 7) is 9.44. The average Bonchev–Trinajstić information content (AvgIpc) is 1.99. The summed E-state index contributed by atoms with van der Waals surface area (Å²) in [5.74, 6) is 0.189. The quantitative estimate of drug-likeness (QED) is 0.544. The maximum absolute atomic E-state index is 12.5. The fourth-order valence-corrected chi connectivity index (χ4v) is 0.472. The van der Waals surface area contributed by atoms with Crippen LogP contribution in [-0.2, 0) is 0 Å². The fourth-order valence-electron chi connectivity index (χ4n) is 0.472. The lowest BCUT2D eigenvalue weighted by Gasteiger charge is -2.01. The molecule has 62 valence electrons. The summed E-state index contributed by atoms with van der Waals surface area (Å²) in [6.07, 6.45) is 4.41. The number of rotatable bonds is 3. The molecule has 0 bridgehead atoms. The molecule has 0 unspecified atom stereocenters. The van der Waals surface area contributed by atoms with E-state index in [1.165, 1.54) is 17.7 Å². The van der Waals surface area contributed by atoms with Crippen LogP contribution >= 0.6 is 0 Å². The summed E-state index contributed by atoms with van der Waals surface area (Å²) in [6, 6.07) is 0. The van der Waals surface area contributed by atoms with E-state index in [1.54, 1.807) is 6.08 Å². The standard InChI is InChI=1S/C10H15F/c1-5-10(11)7-6-9(4)8(2)3/h5-8H,1H2,2-4H3/b9-6+,10-7+. The SMILES string of the molecule is C=C/C(F)=C\C=C(/C)C(C)C. The van der Waals surface area contributed by atoms with Crippen LogP contribution in [-0.4, -0.2) is 0 Å². The molecule has 11 heavy (non-hydrogen) atoms. The molecular weight excluding hydrogens is 139 g/mol. The molecule has 0 fully saturated rings. The zero-order chi connectivity index (χ0) is 8.85. The van der Waals surface area contributed by atoms with Crippen LogP contribution in [0, 0.1) is 5.92 Å². The number of halogens is 1. The highest BCUT2D eigenvalue weighted by molar-refractivity contribution is 5.19. The summed E-state index contributed by atoms with van der Waals surface area (Å²) in [5.41, 5.74) is 1.17. The van der Waals surface area contributed by atoms with Crippen LogP contribution in [0.3, 0.4) is 0 Å². The molecular formula is C10H15F.